The Balaban J connectivity index is 1.93. The summed E-state index contributed by atoms with van der Waals surface area (Å²) in [4.78, 5) is 12.6. The summed E-state index contributed by atoms with van der Waals surface area (Å²) < 4.78 is 67.6. The minimum atomic E-state index is -4.77. The second-order valence-electron chi connectivity index (χ2n) is 7.45. The first-order valence-electron chi connectivity index (χ1n) is 9.84. The van der Waals surface area contributed by atoms with Gasteiger partial charge in [0.25, 0.3) is 0 Å². The molecular weight excluding hydrogens is 512 g/mol. The predicted octanol–water partition coefficient (Wildman–Crippen LogP) is 6.15. The van der Waals surface area contributed by atoms with Gasteiger partial charge in [0, 0.05) is 16.6 Å². The van der Waals surface area contributed by atoms with Crippen molar-refractivity contribution >= 4 is 44.8 Å². The summed E-state index contributed by atoms with van der Waals surface area (Å²) in [6.45, 7) is 0.930. The van der Waals surface area contributed by atoms with E-state index in [0.29, 0.717) is 16.7 Å². The lowest BCUT2D eigenvalue weighted by atomic mass is 10.1. The number of nitrogens with one attached hydrogen (secondary N) is 1. The lowest BCUT2D eigenvalue weighted by molar-refractivity contribution is -0.137. The van der Waals surface area contributed by atoms with Crippen LogP contribution in [-0.2, 0) is 27.5 Å². The van der Waals surface area contributed by atoms with E-state index in [1.807, 2.05) is 13.0 Å². The molecule has 0 aromatic heterocycles. The van der Waals surface area contributed by atoms with Gasteiger partial charge in [-0.1, -0.05) is 53.0 Å². The van der Waals surface area contributed by atoms with E-state index >= 15 is 0 Å². The van der Waals surface area contributed by atoms with Crippen LogP contribution in [0.4, 0.5) is 18.9 Å². The van der Waals surface area contributed by atoms with Crippen molar-refractivity contribution < 1.29 is 26.4 Å². The fourth-order valence-corrected chi connectivity index (χ4v) is 4.89. The molecule has 0 saturated heterocycles. The number of amides is 1. The third kappa shape index (κ3) is 6.50. The van der Waals surface area contributed by atoms with E-state index in [9.17, 15) is 26.4 Å². The average molecular weight is 531 g/mol. The molecule has 0 heterocycles. The van der Waals surface area contributed by atoms with Crippen LogP contribution < -0.4 is 5.32 Å². The molecule has 34 heavy (non-hydrogen) atoms. The minimum absolute atomic E-state index is 0.111. The molecule has 3 aromatic rings. The van der Waals surface area contributed by atoms with Crippen LogP contribution in [0.2, 0.25) is 10.0 Å². The molecule has 1 N–H and O–H groups in total. The van der Waals surface area contributed by atoms with Crippen LogP contribution in [0.25, 0.3) is 0 Å². The number of hydrogen-bond donors (Lipinski definition) is 1. The predicted molar refractivity (Wildman–Crippen MR) is 125 cm³/mol. The highest BCUT2D eigenvalue weighted by molar-refractivity contribution is 7.89. The molecule has 0 spiro atoms. The SMILES string of the molecule is Cc1cccc(CN(CC(=O)Nc2ccc(Cl)cc2C(F)(F)F)S(=O)(=O)c2ccc(Cl)cc2)c1. The molecule has 0 radical (unpaired) electrons. The Labute approximate surface area is 205 Å². The highest BCUT2D eigenvalue weighted by atomic mass is 35.5. The lowest BCUT2D eigenvalue weighted by Gasteiger charge is -2.23. The van der Waals surface area contributed by atoms with Gasteiger partial charge < -0.3 is 5.32 Å². The van der Waals surface area contributed by atoms with Crippen molar-refractivity contribution in [2.45, 2.75) is 24.5 Å². The number of benzene rings is 3. The first-order valence-corrected chi connectivity index (χ1v) is 12.0. The molecule has 3 aromatic carbocycles. The summed E-state index contributed by atoms with van der Waals surface area (Å²) in [6.07, 6.45) is -4.77. The summed E-state index contributed by atoms with van der Waals surface area (Å²) >= 11 is 11.5. The minimum Gasteiger partial charge on any atom is -0.324 e. The Morgan fingerprint density at radius 2 is 1.62 bits per heavy atom. The number of sulfonamides is 1. The molecule has 5 nitrogen and oxygen atoms in total. The molecule has 0 aliphatic heterocycles. The lowest BCUT2D eigenvalue weighted by Crippen LogP contribution is -2.37. The van der Waals surface area contributed by atoms with Crippen molar-refractivity contribution in [3.63, 3.8) is 0 Å². The zero-order valence-electron chi connectivity index (χ0n) is 17.7. The van der Waals surface area contributed by atoms with Crippen molar-refractivity contribution in [2.24, 2.45) is 0 Å². The Bertz CT molecular complexity index is 1300. The number of alkyl halides is 3. The number of rotatable bonds is 7. The summed E-state index contributed by atoms with van der Waals surface area (Å²) in [5.41, 5.74) is -0.185. The second kappa shape index (κ2) is 10.4. The molecule has 0 saturated carbocycles. The van der Waals surface area contributed by atoms with E-state index in [1.54, 1.807) is 18.2 Å². The summed E-state index contributed by atoms with van der Waals surface area (Å²) in [6, 6.07) is 15.3. The van der Waals surface area contributed by atoms with Gasteiger partial charge in [0.15, 0.2) is 0 Å². The van der Waals surface area contributed by atoms with Gasteiger partial charge in [-0.05, 0) is 55.0 Å². The third-order valence-corrected chi connectivity index (χ3v) is 7.07. The Kier molecular flexibility index (Phi) is 7.92. The van der Waals surface area contributed by atoms with Crippen molar-refractivity contribution in [3.8, 4) is 0 Å². The third-order valence-electron chi connectivity index (χ3n) is 4.77. The van der Waals surface area contributed by atoms with E-state index in [0.717, 1.165) is 15.9 Å². The maximum atomic E-state index is 13.4. The molecule has 1 amide bonds. The van der Waals surface area contributed by atoms with Gasteiger partial charge in [-0.2, -0.15) is 17.5 Å². The number of nitrogens with zero attached hydrogens (tertiary/aromatic N) is 1. The first kappa shape index (κ1) is 26.0. The first-order chi connectivity index (χ1) is 15.9. The van der Waals surface area contributed by atoms with Crippen molar-refractivity contribution in [3.05, 3.63) is 93.5 Å². The van der Waals surface area contributed by atoms with Gasteiger partial charge in [-0.15, -0.1) is 0 Å². The maximum absolute atomic E-state index is 13.4. The van der Waals surface area contributed by atoms with Crippen LogP contribution in [0.3, 0.4) is 0 Å². The molecule has 0 bridgehead atoms. The number of anilines is 1. The molecule has 3 rings (SSSR count). The molecule has 0 unspecified atom stereocenters. The smallest absolute Gasteiger partial charge is 0.324 e. The van der Waals surface area contributed by atoms with Crippen molar-refractivity contribution in [2.75, 3.05) is 11.9 Å². The van der Waals surface area contributed by atoms with E-state index in [4.69, 9.17) is 23.2 Å². The molecule has 0 atom stereocenters. The van der Waals surface area contributed by atoms with Crippen LogP contribution in [0.1, 0.15) is 16.7 Å². The van der Waals surface area contributed by atoms with E-state index in [1.165, 1.54) is 30.3 Å². The van der Waals surface area contributed by atoms with Crippen molar-refractivity contribution in [1.29, 1.82) is 0 Å². The van der Waals surface area contributed by atoms with Gasteiger partial charge in [-0.25, -0.2) is 8.42 Å². The van der Waals surface area contributed by atoms with E-state index < -0.39 is 39.9 Å². The number of halogens is 5. The quantitative estimate of drug-likeness (QED) is 0.398. The van der Waals surface area contributed by atoms with Gasteiger partial charge in [-0.3, -0.25) is 4.79 Å². The van der Waals surface area contributed by atoms with Crippen LogP contribution in [0.15, 0.2) is 71.6 Å². The maximum Gasteiger partial charge on any atom is 0.418 e. The normalized spacial score (nSPS) is 12.1. The van der Waals surface area contributed by atoms with Crippen LogP contribution in [0, 0.1) is 6.92 Å². The molecule has 180 valence electrons. The zero-order valence-corrected chi connectivity index (χ0v) is 20.1. The number of carbonyl (C=O) groups is 1. The van der Waals surface area contributed by atoms with Crippen molar-refractivity contribution in [1.82, 2.24) is 4.31 Å². The summed E-state index contributed by atoms with van der Waals surface area (Å²) in [5.74, 6) is -0.946. The van der Waals surface area contributed by atoms with Gasteiger partial charge in [0.05, 0.1) is 22.7 Å². The zero-order chi connectivity index (χ0) is 25.1. The number of carbonyl (C=O) groups excluding carboxylic acids is 1. The van der Waals surface area contributed by atoms with Crippen LogP contribution in [0.5, 0.6) is 0 Å². The largest absolute Gasteiger partial charge is 0.418 e. The molecule has 0 aliphatic rings. The second-order valence-corrected chi connectivity index (χ2v) is 10.3. The summed E-state index contributed by atoms with van der Waals surface area (Å²) in [5, 5.41) is 2.33. The standard InChI is InChI=1S/C23H19Cl2F3N2O3S/c1-15-3-2-4-16(11-15)13-30(34(32,33)19-8-5-17(24)6-9-19)14-22(31)29-21-10-7-18(25)12-20(21)23(26,27)28/h2-12H,13-14H2,1H3,(H,29,31). The molecular formula is C23H19Cl2F3N2O3S. The summed E-state index contributed by atoms with van der Waals surface area (Å²) in [7, 11) is -4.19. The van der Waals surface area contributed by atoms with Gasteiger partial charge >= 0.3 is 6.18 Å². The van der Waals surface area contributed by atoms with Crippen LogP contribution in [-0.4, -0.2) is 25.2 Å². The fourth-order valence-electron chi connectivity index (χ4n) is 3.21. The molecule has 0 aliphatic carbocycles. The monoisotopic (exact) mass is 530 g/mol. The molecule has 11 heteroatoms. The molecule has 0 fully saturated rings. The Hall–Kier alpha value is -2.59. The fraction of sp³-hybridized carbons (Fsp3) is 0.174. The van der Waals surface area contributed by atoms with E-state index in [-0.39, 0.29) is 16.5 Å². The van der Waals surface area contributed by atoms with E-state index in [2.05, 4.69) is 5.32 Å². The highest BCUT2D eigenvalue weighted by Crippen LogP contribution is 2.36. The number of hydrogen-bond acceptors (Lipinski definition) is 3. The average Bonchev–Trinajstić information content (AvgIpc) is 2.74. The highest BCUT2D eigenvalue weighted by Gasteiger charge is 2.35. The Morgan fingerprint density at radius 1 is 0.971 bits per heavy atom. The number of aryl methyl sites for hydroxylation is 1. The van der Waals surface area contributed by atoms with Gasteiger partial charge in [0.2, 0.25) is 15.9 Å². The Morgan fingerprint density at radius 3 is 2.24 bits per heavy atom. The van der Waals surface area contributed by atoms with Gasteiger partial charge in [0.1, 0.15) is 0 Å². The topological polar surface area (TPSA) is 66.5 Å². The van der Waals surface area contributed by atoms with Crippen LogP contribution >= 0.6 is 23.2 Å².